The van der Waals surface area contributed by atoms with Gasteiger partial charge in [0.2, 0.25) is 5.91 Å². The number of likely N-dealkylation sites (tertiary alicyclic amines) is 1. The first-order valence-corrected chi connectivity index (χ1v) is 10.4. The van der Waals surface area contributed by atoms with Crippen molar-refractivity contribution in [2.75, 3.05) is 52.5 Å². The Morgan fingerprint density at radius 2 is 1.96 bits per heavy atom. The molecule has 1 N–H and O–H groups in total. The number of carbonyl (C=O) groups excluding carboxylic acids is 1. The molecule has 28 heavy (non-hydrogen) atoms. The van der Waals surface area contributed by atoms with E-state index < -0.39 is 0 Å². The number of fused-ring (bicyclic) bond motifs is 1. The van der Waals surface area contributed by atoms with Gasteiger partial charge in [0.15, 0.2) is 0 Å². The number of aromatic amines is 1. The molecule has 2 aliphatic heterocycles. The minimum absolute atomic E-state index is 0.0859. The molecule has 0 unspecified atom stereocenters. The van der Waals surface area contributed by atoms with Crippen molar-refractivity contribution in [1.82, 2.24) is 19.8 Å². The Bertz CT molecular complexity index is 731. The van der Waals surface area contributed by atoms with E-state index in [1.54, 1.807) is 0 Å². The normalized spacial score (nSPS) is 19.4. The molecular formula is C21H30N4O3. The van der Waals surface area contributed by atoms with Crippen LogP contribution in [0, 0.1) is 5.92 Å². The van der Waals surface area contributed by atoms with Crippen LogP contribution in [0.15, 0.2) is 24.3 Å². The summed E-state index contributed by atoms with van der Waals surface area (Å²) in [5.74, 6) is 1.57. The highest BCUT2D eigenvalue weighted by molar-refractivity contribution is 5.77. The minimum atomic E-state index is 0.0859. The molecule has 152 valence electrons. The third-order valence-corrected chi connectivity index (χ3v) is 5.83. The van der Waals surface area contributed by atoms with Gasteiger partial charge in [0, 0.05) is 26.2 Å². The number of piperidine rings is 1. The summed E-state index contributed by atoms with van der Waals surface area (Å²) in [4.78, 5) is 24.6. The summed E-state index contributed by atoms with van der Waals surface area (Å²) in [6.45, 7) is 7.14. The fourth-order valence-corrected chi connectivity index (χ4v) is 4.06. The first-order valence-electron chi connectivity index (χ1n) is 10.4. The maximum Gasteiger partial charge on any atom is 0.248 e. The van der Waals surface area contributed by atoms with Crippen LogP contribution in [0.25, 0.3) is 11.0 Å². The Morgan fingerprint density at radius 1 is 1.18 bits per heavy atom. The lowest BCUT2D eigenvalue weighted by Gasteiger charge is -2.34. The van der Waals surface area contributed by atoms with E-state index in [2.05, 4.69) is 14.9 Å². The number of carbonyl (C=O) groups is 1. The number of morpholine rings is 1. The van der Waals surface area contributed by atoms with Crippen molar-refractivity contribution in [3.05, 3.63) is 30.1 Å². The molecule has 2 saturated heterocycles. The molecule has 2 aromatic rings. The summed E-state index contributed by atoms with van der Waals surface area (Å²) < 4.78 is 11.0. The van der Waals surface area contributed by atoms with Gasteiger partial charge in [-0.05, 0) is 43.9 Å². The highest BCUT2D eigenvalue weighted by Gasteiger charge is 2.23. The molecule has 0 radical (unpaired) electrons. The zero-order valence-electron chi connectivity index (χ0n) is 16.4. The number of imidazole rings is 1. The number of para-hydroxylation sites is 2. The number of benzene rings is 1. The van der Waals surface area contributed by atoms with Gasteiger partial charge in [-0.25, -0.2) is 4.98 Å². The molecule has 7 heteroatoms. The predicted molar refractivity (Wildman–Crippen MR) is 107 cm³/mol. The van der Waals surface area contributed by atoms with Crippen molar-refractivity contribution < 1.29 is 14.3 Å². The first-order chi connectivity index (χ1) is 13.8. The van der Waals surface area contributed by atoms with Gasteiger partial charge < -0.3 is 19.4 Å². The minimum Gasteiger partial charge on any atom is -0.379 e. The summed E-state index contributed by atoms with van der Waals surface area (Å²) in [7, 11) is 0. The van der Waals surface area contributed by atoms with Crippen LogP contribution in [0.3, 0.4) is 0 Å². The molecule has 7 nitrogen and oxygen atoms in total. The second-order valence-electron chi connectivity index (χ2n) is 7.76. The summed E-state index contributed by atoms with van der Waals surface area (Å²) >= 11 is 0. The molecule has 1 amide bonds. The van der Waals surface area contributed by atoms with E-state index in [1.165, 1.54) is 6.42 Å². The van der Waals surface area contributed by atoms with Crippen LogP contribution in [-0.4, -0.2) is 78.2 Å². The van der Waals surface area contributed by atoms with E-state index in [-0.39, 0.29) is 12.5 Å². The summed E-state index contributed by atoms with van der Waals surface area (Å²) in [5, 5.41) is 0. The molecule has 0 bridgehead atoms. The highest BCUT2D eigenvalue weighted by Crippen LogP contribution is 2.21. The van der Waals surface area contributed by atoms with Crippen LogP contribution in [0.4, 0.5) is 0 Å². The smallest absolute Gasteiger partial charge is 0.248 e. The van der Waals surface area contributed by atoms with E-state index in [0.29, 0.717) is 6.61 Å². The van der Waals surface area contributed by atoms with Gasteiger partial charge in [0.25, 0.3) is 0 Å². The molecule has 2 aliphatic rings. The zero-order valence-corrected chi connectivity index (χ0v) is 16.4. The number of hydrogen-bond donors (Lipinski definition) is 1. The molecule has 1 aromatic carbocycles. The molecule has 0 saturated carbocycles. The highest BCUT2D eigenvalue weighted by atomic mass is 16.5. The quantitative estimate of drug-likeness (QED) is 0.789. The van der Waals surface area contributed by atoms with Crippen molar-refractivity contribution in [2.45, 2.75) is 25.9 Å². The molecule has 0 spiro atoms. The molecule has 1 aromatic heterocycles. The number of ether oxygens (including phenoxy) is 2. The predicted octanol–water partition coefficient (Wildman–Crippen LogP) is 2.04. The lowest BCUT2D eigenvalue weighted by molar-refractivity contribution is -0.138. The van der Waals surface area contributed by atoms with Crippen LogP contribution < -0.4 is 0 Å². The summed E-state index contributed by atoms with van der Waals surface area (Å²) in [5.41, 5.74) is 1.91. The zero-order chi connectivity index (χ0) is 19.2. The number of aromatic nitrogens is 2. The molecule has 0 atom stereocenters. The Morgan fingerprint density at radius 3 is 2.75 bits per heavy atom. The van der Waals surface area contributed by atoms with Crippen LogP contribution in [0.1, 0.15) is 25.1 Å². The third-order valence-electron chi connectivity index (χ3n) is 5.83. The third kappa shape index (κ3) is 5.10. The van der Waals surface area contributed by atoms with Gasteiger partial charge in [-0.2, -0.15) is 0 Å². The van der Waals surface area contributed by atoms with Crippen molar-refractivity contribution in [3.8, 4) is 0 Å². The van der Waals surface area contributed by atoms with E-state index in [1.807, 2.05) is 29.2 Å². The number of nitrogens with zero attached hydrogens (tertiary/aromatic N) is 3. The van der Waals surface area contributed by atoms with Crippen molar-refractivity contribution in [3.63, 3.8) is 0 Å². The summed E-state index contributed by atoms with van der Waals surface area (Å²) in [6.07, 6.45) is 3.42. The van der Waals surface area contributed by atoms with Crippen molar-refractivity contribution >= 4 is 16.9 Å². The number of nitrogens with one attached hydrogen (secondary N) is 1. The largest absolute Gasteiger partial charge is 0.379 e. The number of amides is 1. The number of rotatable bonds is 7. The molecule has 2 fully saturated rings. The molecule has 4 rings (SSSR count). The van der Waals surface area contributed by atoms with E-state index in [4.69, 9.17) is 9.47 Å². The summed E-state index contributed by atoms with van der Waals surface area (Å²) in [6, 6.07) is 7.88. The van der Waals surface area contributed by atoms with Gasteiger partial charge in [-0.15, -0.1) is 0 Å². The van der Waals surface area contributed by atoms with Crippen LogP contribution in [0.5, 0.6) is 0 Å². The van der Waals surface area contributed by atoms with Crippen LogP contribution in [0.2, 0.25) is 0 Å². The van der Waals surface area contributed by atoms with Crippen molar-refractivity contribution in [2.24, 2.45) is 5.92 Å². The van der Waals surface area contributed by atoms with Gasteiger partial charge in [0.05, 0.1) is 24.2 Å². The van der Waals surface area contributed by atoms with Crippen LogP contribution in [-0.2, 0) is 20.9 Å². The Balaban J connectivity index is 1.14. The number of hydrogen-bond acceptors (Lipinski definition) is 5. The molecule has 3 heterocycles. The van der Waals surface area contributed by atoms with Gasteiger partial charge in [-0.3, -0.25) is 9.69 Å². The Hall–Kier alpha value is -1.96. The van der Waals surface area contributed by atoms with E-state index in [0.717, 1.165) is 81.6 Å². The average Bonchev–Trinajstić information content (AvgIpc) is 3.16. The second-order valence-corrected chi connectivity index (χ2v) is 7.76. The maximum absolute atomic E-state index is 12.4. The molecular weight excluding hydrogens is 356 g/mol. The standard InChI is InChI=1S/C21H30N4O3/c26-21(16-28-15-20-22-18-3-1-2-4-19(18)23-20)25-9-6-17(7-10-25)5-8-24-11-13-27-14-12-24/h1-4,17H,5-16H2,(H,22,23). The number of H-pyrrole nitrogens is 1. The lowest BCUT2D eigenvalue weighted by atomic mass is 9.93. The van der Waals surface area contributed by atoms with E-state index >= 15 is 0 Å². The fraction of sp³-hybridized carbons (Fsp3) is 0.619. The first kappa shape index (κ1) is 19.4. The Labute approximate surface area is 166 Å². The monoisotopic (exact) mass is 386 g/mol. The fourth-order valence-electron chi connectivity index (χ4n) is 4.06. The van der Waals surface area contributed by atoms with Crippen molar-refractivity contribution in [1.29, 1.82) is 0 Å². The maximum atomic E-state index is 12.4. The van der Waals surface area contributed by atoms with Gasteiger partial charge in [0.1, 0.15) is 19.0 Å². The van der Waals surface area contributed by atoms with E-state index in [9.17, 15) is 4.79 Å². The van der Waals surface area contributed by atoms with Gasteiger partial charge >= 0.3 is 0 Å². The lowest BCUT2D eigenvalue weighted by Crippen LogP contribution is -2.42. The molecule has 0 aliphatic carbocycles. The average molecular weight is 386 g/mol. The Kier molecular flexibility index (Phi) is 6.57. The van der Waals surface area contributed by atoms with Gasteiger partial charge in [-0.1, -0.05) is 12.1 Å². The van der Waals surface area contributed by atoms with Crippen LogP contribution >= 0.6 is 0 Å². The SMILES string of the molecule is O=C(COCc1nc2ccccc2[nH]1)N1CCC(CCN2CCOCC2)CC1. The second kappa shape index (κ2) is 9.49. The topological polar surface area (TPSA) is 70.7 Å².